The molecule has 0 aromatic heterocycles. The van der Waals surface area contributed by atoms with Gasteiger partial charge < -0.3 is 26.2 Å². The average Bonchev–Trinajstić information content (AvgIpc) is 3.04. The largest absolute Gasteiger partial charge is 0.508 e. The molecule has 2 atom stereocenters. The lowest BCUT2D eigenvalue weighted by atomic mass is 9.99. The van der Waals surface area contributed by atoms with Crippen LogP contribution < -0.4 is 15.9 Å². The number of nitrogens with zero attached hydrogens (tertiary/aromatic N) is 2. The predicted molar refractivity (Wildman–Crippen MR) is 185 cm³/mol. The van der Waals surface area contributed by atoms with Gasteiger partial charge in [-0.1, -0.05) is 63.2 Å². The zero-order chi connectivity index (χ0) is 35.3. The first-order chi connectivity index (χ1) is 22.8. The molecule has 0 saturated carbocycles. The molecule has 0 spiro atoms. The Morgan fingerprint density at radius 1 is 0.812 bits per heavy atom. The van der Waals surface area contributed by atoms with Gasteiger partial charge in [-0.25, -0.2) is 13.4 Å². The molecule has 3 aromatic rings. The molecule has 0 heterocycles. The summed E-state index contributed by atoms with van der Waals surface area (Å²) >= 11 is 0. The van der Waals surface area contributed by atoms with Gasteiger partial charge in [-0.3, -0.25) is 14.4 Å². The standard InChI is InChI=1S/C35H47N5O7S/c1-4-16-39(17-5-2)35(45)29-21-27(33(36)43)20-28(22-29)34(44)37-31(19-25-12-14-30(41)15-13-25)32(42)23-40(18-6-3)38-48(46,47)24-26-10-8-7-9-11-26/h7-15,20-22,31-32,38,41-42H,4-6,16-19,23-24H2,1-3H3,(H2,36,43)(H,37,44). The molecule has 0 fully saturated rings. The van der Waals surface area contributed by atoms with Crippen LogP contribution in [0, 0.1) is 0 Å². The Balaban J connectivity index is 1.91. The molecule has 6 N–H and O–H groups in total. The minimum Gasteiger partial charge on any atom is -0.508 e. The third-order valence-corrected chi connectivity index (χ3v) is 8.79. The van der Waals surface area contributed by atoms with E-state index in [0.29, 0.717) is 30.6 Å². The number of hydrogen-bond acceptors (Lipinski definition) is 8. The van der Waals surface area contributed by atoms with E-state index in [4.69, 9.17) is 5.73 Å². The van der Waals surface area contributed by atoms with Crippen molar-refractivity contribution in [1.29, 1.82) is 0 Å². The Labute approximate surface area is 283 Å². The van der Waals surface area contributed by atoms with Crippen LogP contribution in [0.4, 0.5) is 0 Å². The third-order valence-electron chi connectivity index (χ3n) is 7.54. The topological polar surface area (TPSA) is 182 Å². The molecule has 0 bridgehead atoms. The third kappa shape index (κ3) is 11.7. The number of carbonyl (C=O) groups excluding carboxylic acids is 3. The van der Waals surface area contributed by atoms with Gasteiger partial charge in [0.2, 0.25) is 15.9 Å². The van der Waals surface area contributed by atoms with E-state index in [9.17, 15) is 33.0 Å². The van der Waals surface area contributed by atoms with E-state index in [1.165, 1.54) is 35.3 Å². The number of nitrogens with one attached hydrogen (secondary N) is 2. The summed E-state index contributed by atoms with van der Waals surface area (Å²) in [5.41, 5.74) is 6.97. The van der Waals surface area contributed by atoms with E-state index < -0.39 is 34.0 Å². The number of phenolic OH excluding ortho intramolecular Hbond substituents is 1. The first kappa shape index (κ1) is 38.2. The molecule has 0 aliphatic rings. The van der Waals surface area contributed by atoms with Crippen molar-refractivity contribution < 1.29 is 33.0 Å². The fourth-order valence-electron chi connectivity index (χ4n) is 5.30. The minimum atomic E-state index is -3.83. The van der Waals surface area contributed by atoms with Gasteiger partial charge in [0, 0.05) is 42.9 Å². The number of rotatable bonds is 19. The van der Waals surface area contributed by atoms with Crippen LogP contribution in [-0.4, -0.2) is 84.6 Å². The number of carbonyl (C=O) groups is 3. The van der Waals surface area contributed by atoms with Gasteiger partial charge in [-0.15, -0.1) is 4.83 Å². The summed E-state index contributed by atoms with van der Waals surface area (Å²) in [6, 6.07) is 18.1. The highest BCUT2D eigenvalue weighted by molar-refractivity contribution is 7.88. The number of phenols is 1. The number of aliphatic hydroxyl groups is 1. The number of benzene rings is 3. The second kappa shape index (κ2) is 18.3. The number of nitrogens with two attached hydrogens (primary N) is 1. The fraction of sp³-hybridized carbons (Fsp3) is 0.400. The quantitative estimate of drug-likeness (QED) is 0.120. The van der Waals surface area contributed by atoms with Crippen molar-refractivity contribution in [2.24, 2.45) is 5.73 Å². The van der Waals surface area contributed by atoms with Gasteiger partial charge in [0.05, 0.1) is 17.9 Å². The van der Waals surface area contributed by atoms with E-state index in [1.54, 1.807) is 47.4 Å². The summed E-state index contributed by atoms with van der Waals surface area (Å²) in [7, 11) is -3.83. The van der Waals surface area contributed by atoms with E-state index >= 15 is 0 Å². The monoisotopic (exact) mass is 681 g/mol. The van der Waals surface area contributed by atoms with Gasteiger partial charge in [-0.05, 0) is 67.1 Å². The van der Waals surface area contributed by atoms with Crippen LogP contribution in [0.1, 0.15) is 82.2 Å². The lowest BCUT2D eigenvalue weighted by molar-refractivity contribution is 0.0618. The number of aromatic hydroxyl groups is 1. The molecule has 3 aromatic carbocycles. The van der Waals surface area contributed by atoms with Gasteiger partial charge in [0.1, 0.15) is 5.75 Å². The maximum Gasteiger partial charge on any atom is 0.253 e. The van der Waals surface area contributed by atoms with Crippen molar-refractivity contribution in [3.63, 3.8) is 0 Å². The minimum absolute atomic E-state index is 0.000480. The molecule has 3 amide bonds. The van der Waals surface area contributed by atoms with Gasteiger partial charge >= 0.3 is 0 Å². The summed E-state index contributed by atoms with van der Waals surface area (Å²) in [6.45, 7) is 6.88. The molecule has 2 unspecified atom stereocenters. The van der Waals surface area contributed by atoms with Crippen molar-refractivity contribution >= 4 is 27.7 Å². The van der Waals surface area contributed by atoms with Crippen molar-refractivity contribution in [3.05, 3.63) is 101 Å². The number of amides is 3. The molecule has 48 heavy (non-hydrogen) atoms. The zero-order valence-corrected chi connectivity index (χ0v) is 28.6. The lowest BCUT2D eigenvalue weighted by Gasteiger charge is -2.30. The Bertz CT molecular complexity index is 1610. The van der Waals surface area contributed by atoms with Crippen LogP contribution in [0.2, 0.25) is 0 Å². The highest BCUT2D eigenvalue weighted by Crippen LogP contribution is 2.17. The summed E-state index contributed by atoms with van der Waals surface area (Å²) in [4.78, 5) is 43.6. The molecule has 260 valence electrons. The molecule has 3 rings (SSSR count). The zero-order valence-electron chi connectivity index (χ0n) is 27.8. The molecular weight excluding hydrogens is 634 g/mol. The number of sulfonamides is 1. The molecule has 0 saturated heterocycles. The van der Waals surface area contributed by atoms with Crippen LogP contribution in [0.5, 0.6) is 5.75 Å². The first-order valence-electron chi connectivity index (χ1n) is 16.2. The Morgan fingerprint density at radius 3 is 1.98 bits per heavy atom. The molecule has 12 nitrogen and oxygen atoms in total. The maximum absolute atomic E-state index is 13.8. The van der Waals surface area contributed by atoms with Crippen LogP contribution in [-0.2, 0) is 22.2 Å². The van der Waals surface area contributed by atoms with Gasteiger partial charge in [0.25, 0.3) is 11.8 Å². The average molecular weight is 682 g/mol. The van der Waals surface area contributed by atoms with Crippen LogP contribution in [0.3, 0.4) is 0 Å². The molecule has 0 aliphatic heterocycles. The van der Waals surface area contributed by atoms with Crippen molar-refractivity contribution in [2.45, 2.75) is 64.4 Å². The van der Waals surface area contributed by atoms with E-state index in [2.05, 4.69) is 10.1 Å². The Kier molecular flexibility index (Phi) is 14.5. The summed E-state index contributed by atoms with van der Waals surface area (Å²) in [5, 5.41) is 25.5. The van der Waals surface area contributed by atoms with Crippen LogP contribution in [0.25, 0.3) is 0 Å². The van der Waals surface area contributed by atoms with Gasteiger partial charge in [0.15, 0.2) is 0 Å². The first-order valence-corrected chi connectivity index (χ1v) is 17.8. The smallest absolute Gasteiger partial charge is 0.253 e. The highest BCUT2D eigenvalue weighted by atomic mass is 32.2. The summed E-state index contributed by atoms with van der Waals surface area (Å²) in [6.07, 6.45) is 0.857. The van der Waals surface area contributed by atoms with Crippen LogP contribution >= 0.6 is 0 Å². The number of aliphatic hydroxyl groups excluding tert-OH is 1. The van der Waals surface area contributed by atoms with Gasteiger partial charge in [-0.2, -0.15) is 0 Å². The number of primary amides is 1. The predicted octanol–water partition coefficient (Wildman–Crippen LogP) is 3.20. The second-order valence-electron chi connectivity index (χ2n) is 11.8. The summed E-state index contributed by atoms with van der Waals surface area (Å²) < 4.78 is 26.1. The number of hydrogen-bond donors (Lipinski definition) is 5. The second-order valence-corrected chi connectivity index (χ2v) is 13.5. The van der Waals surface area contributed by atoms with E-state index in [1.807, 2.05) is 20.8 Å². The molecule has 0 radical (unpaired) electrons. The van der Waals surface area contributed by atoms with Crippen molar-refractivity contribution in [1.82, 2.24) is 20.1 Å². The Hall–Kier alpha value is -4.30. The molecule has 0 aliphatic carbocycles. The normalized spacial score (nSPS) is 12.8. The van der Waals surface area contributed by atoms with Crippen molar-refractivity contribution in [3.8, 4) is 5.75 Å². The summed E-state index contributed by atoms with van der Waals surface area (Å²) in [5.74, 6) is -2.03. The van der Waals surface area contributed by atoms with E-state index in [-0.39, 0.29) is 53.6 Å². The maximum atomic E-state index is 13.8. The molecular formula is C35H47N5O7S. The van der Waals surface area contributed by atoms with Crippen molar-refractivity contribution in [2.75, 3.05) is 26.2 Å². The SMILES string of the molecule is CCCN(CC(O)C(Cc1ccc(O)cc1)NC(=O)c1cc(C(N)=O)cc(C(=O)N(CCC)CCC)c1)NS(=O)(=O)Cc1ccccc1. The van der Waals surface area contributed by atoms with E-state index in [0.717, 1.165) is 12.8 Å². The number of hydrazine groups is 1. The van der Waals surface area contributed by atoms with Crippen LogP contribution in [0.15, 0.2) is 72.8 Å². The fourth-order valence-corrected chi connectivity index (χ4v) is 6.56. The Morgan fingerprint density at radius 2 is 1.40 bits per heavy atom. The lowest BCUT2D eigenvalue weighted by Crippen LogP contribution is -2.53. The molecule has 13 heteroatoms. The highest BCUT2D eigenvalue weighted by Gasteiger charge is 2.28.